The van der Waals surface area contributed by atoms with Gasteiger partial charge in [0.05, 0.1) is 31.8 Å². The van der Waals surface area contributed by atoms with Crippen LogP contribution in [0.5, 0.6) is 11.5 Å². The average molecular weight is 513 g/mol. The van der Waals surface area contributed by atoms with Gasteiger partial charge < -0.3 is 14.4 Å². The normalized spacial score (nSPS) is 20.8. The van der Waals surface area contributed by atoms with Crippen molar-refractivity contribution in [2.75, 3.05) is 33.9 Å². The number of hydrogen-bond donors (Lipinski definition) is 0. The number of carbonyl (C=O) groups excluding carboxylic acids is 1. The fraction of sp³-hybridized carbons (Fsp3) is 0.419. The number of amides is 2. The highest BCUT2D eigenvalue weighted by Crippen LogP contribution is 2.49. The van der Waals surface area contributed by atoms with Crippen LogP contribution < -0.4 is 9.47 Å². The van der Waals surface area contributed by atoms with Gasteiger partial charge in [-0.05, 0) is 49.1 Å². The maximum Gasteiger partial charge on any atom is 0.325 e. The number of aromatic nitrogens is 1. The highest BCUT2D eigenvalue weighted by Gasteiger charge is 2.54. The molecule has 1 atom stereocenters. The van der Waals surface area contributed by atoms with E-state index in [0.29, 0.717) is 13.1 Å². The maximum atomic E-state index is 13.9. The molecule has 0 saturated carbocycles. The SMILES string of the molecule is CCN1C(=O)N2Cc3cc(OC)cc(OC)c3C(C)C=C2C12CCN(Cc1cccc3ncccc13)CC2. The number of pyridine rings is 1. The molecule has 2 aromatic carbocycles. The quantitative estimate of drug-likeness (QED) is 0.449. The molecule has 0 radical (unpaired) electrons. The van der Waals surface area contributed by atoms with E-state index in [1.54, 1.807) is 14.2 Å². The molecule has 4 heterocycles. The molecule has 0 N–H and O–H groups in total. The number of likely N-dealkylation sites (tertiary alicyclic amines) is 1. The molecule has 2 amide bonds. The van der Waals surface area contributed by atoms with E-state index in [2.05, 4.69) is 65.0 Å². The van der Waals surface area contributed by atoms with Gasteiger partial charge in [0.2, 0.25) is 0 Å². The van der Waals surface area contributed by atoms with Crippen molar-refractivity contribution in [1.29, 1.82) is 0 Å². The summed E-state index contributed by atoms with van der Waals surface area (Å²) < 4.78 is 11.3. The van der Waals surface area contributed by atoms with E-state index in [4.69, 9.17) is 9.47 Å². The van der Waals surface area contributed by atoms with E-state index in [1.165, 1.54) is 10.9 Å². The second-order valence-corrected chi connectivity index (χ2v) is 10.7. The molecule has 3 aromatic rings. The molecule has 38 heavy (non-hydrogen) atoms. The predicted molar refractivity (Wildman–Crippen MR) is 148 cm³/mol. The number of carbonyl (C=O) groups is 1. The molecule has 2 saturated heterocycles. The van der Waals surface area contributed by atoms with Crippen LogP contribution in [0.25, 0.3) is 10.9 Å². The van der Waals surface area contributed by atoms with Crippen LogP contribution in [0.4, 0.5) is 4.79 Å². The Morgan fingerprint density at radius 3 is 2.63 bits per heavy atom. The fourth-order valence-electron chi connectivity index (χ4n) is 6.89. The Labute approximate surface area is 224 Å². The van der Waals surface area contributed by atoms with Crippen LogP contribution in [0.3, 0.4) is 0 Å². The molecule has 6 rings (SSSR count). The summed E-state index contributed by atoms with van der Waals surface area (Å²) in [5.41, 5.74) is 5.45. The number of nitrogens with zero attached hydrogens (tertiary/aromatic N) is 4. The van der Waals surface area contributed by atoms with Crippen molar-refractivity contribution in [3.05, 3.63) is 77.1 Å². The number of rotatable bonds is 5. The molecular formula is C31H36N4O3. The lowest BCUT2D eigenvalue weighted by molar-refractivity contribution is 0.0890. The lowest BCUT2D eigenvalue weighted by Gasteiger charge is -2.44. The largest absolute Gasteiger partial charge is 0.497 e. The van der Waals surface area contributed by atoms with Crippen molar-refractivity contribution in [2.24, 2.45) is 0 Å². The first-order valence-electron chi connectivity index (χ1n) is 13.6. The first-order valence-corrected chi connectivity index (χ1v) is 13.6. The Balaban J connectivity index is 1.31. The summed E-state index contributed by atoms with van der Waals surface area (Å²) in [5, 5.41) is 1.22. The second kappa shape index (κ2) is 9.62. The summed E-state index contributed by atoms with van der Waals surface area (Å²) in [5.74, 6) is 1.69. The molecule has 7 nitrogen and oxygen atoms in total. The van der Waals surface area contributed by atoms with E-state index in [9.17, 15) is 4.79 Å². The monoisotopic (exact) mass is 512 g/mol. The van der Waals surface area contributed by atoms with E-state index in [-0.39, 0.29) is 17.5 Å². The topological polar surface area (TPSA) is 58.1 Å². The van der Waals surface area contributed by atoms with Gasteiger partial charge in [-0.2, -0.15) is 0 Å². The van der Waals surface area contributed by atoms with Gasteiger partial charge in [-0.25, -0.2) is 4.79 Å². The zero-order valence-corrected chi connectivity index (χ0v) is 22.7. The highest BCUT2D eigenvalue weighted by molar-refractivity contribution is 5.83. The molecule has 1 aromatic heterocycles. The molecule has 0 aliphatic carbocycles. The summed E-state index contributed by atoms with van der Waals surface area (Å²) in [6, 6.07) is 14.7. The number of ether oxygens (including phenoxy) is 2. The van der Waals surface area contributed by atoms with Crippen molar-refractivity contribution < 1.29 is 14.3 Å². The minimum atomic E-state index is -0.281. The Morgan fingerprint density at radius 2 is 1.89 bits per heavy atom. The van der Waals surface area contributed by atoms with Gasteiger partial charge in [-0.1, -0.05) is 31.2 Å². The van der Waals surface area contributed by atoms with E-state index >= 15 is 0 Å². The third-order valence-electron chi connectivity index (χ3n) is 8.72. The smallest absolute Gasteiger partial charge is 0.325 e. The number of likely N-dealkylation sites (N-methyl/N-ethyl adjacent to an activating group) is 1. The van der Waals surface area contributed by atoms with Crippen LogP contribution in [0, 0.1) is 0 Å². The van der Waals surface area contributed by atoms with Gasteiger partial charge in [0.25, 0.3) is 0 Å². The number of methoxy groups -OCH3 is 2. The van der Waals surface area contributed by atoms with E-state index in [0.717, 1.165) is 66.3 Å². The van der Waals surface area contributed by atoms with Crippen molar-refractivity contribution in [3.63, 3.8) is 0 Å². The van der Waals surface area contributed by atoms with Crippen LogP contribution >= 0.6 is 0 Å². The number of hydrogen-bond acceptors (Lipinski definition) is 5. The predicted octanol–water partition coefficient (Wildman–Crippen LogP) is 5.55. The fourth-order valence-corrected chi connectivity index (χ4v) is 6.89. The summed E-state index contributed by atoms with van der Waals surface area (Å²) in [6.07, 6.45) is 6.01. The lowest BCUT2D eigenvalue weighted by atomic mass is 9.82. The van der Waals surface area contributed by atoms with Crippen molar-refractivity contribution in [2.45, 2.75) is 51.2 Å². The molecule has 7 heteroatoms. The average Bonchev–Trinajstić information content (AvgIpc) is 3.04. The molecule has 1 unspecified atom stereocenters. The second-order valence-electron chi connectivity index (χ2n) is 10.7. The van der Waals surface area contributed by atoms with E-state index < -0.39 is 0 Å². The molecule has 2 fully saturated rings. The van der Waals surface area contributed by atoms with Gasteiger partial charge in [-0.3, -0.25) is 14.8 Å². The van der Waals surface area contributed by atoms with E-state index in [1.807, 2.05) is 23.2 Å². The van der Waals surface area contributed by atoms with Gasteiger partial charge in [-0.15, -0.1) is 0 Å². The minimum absolute atomic E-state index is 0.106. The van der Waals surface area contributed by atoms with Gasteiger partial charge in [0.1, 0.15) is 11.5 Å². The molecule has 198 valence electrons. The third-order valence-corrected chi connectivity index (χ3v) is 8.72. The number of fused-ring (bicyclic) bond motifs is 4. The maximum absolute atomic E-state index is 13.9. The van der Waals surface area contributed by atoms with Crippen molar-refractivity contribution >= 4 is 16.9 Å². The zero-order chi connectivity index (χ0) is 26.4. The van der Waals surface area contributed by atoms with Crippen LogP contribution in [0.2, 0.25) is 0 Å². The van der Waals surface area contributed by atoms with Crippen LogP contribution in [-0.4, -0.2) is 65.1 Å². The van der Waals surface area contributed by atoms with Crippen molar-refractivity contribution in [1.82, 2.24) is 19.7 Å². The van der Waals surface area contributed by atoms with Gasteiger partial charge >= 0.3 is 6.03 Å². The Bertz CT molecular complexity index is 1400. The summed E-state index contributed by atoms with van der Waals surface area (Å²) in [6.45, 7) is 8.30. The lowest BCUT2D eigenvalue weighted by Crippen LogP contribution is -2.53. The molecule has 1 spiro atoms. The zero-order valence-electron chi connectivity index (χ0n) is 22.7. The standard InChI is InChI=1S/C31H36N4O3/c1-5-35-30(36)34-20-23-17-24(37-3)18-27(38-4)29(23)21(2)16-28(34)31(35)11-14-33(15-12-31)19-22-8-6-10-26-25(22)9-7-13-32-26/h6-10,13,16-18,21H,5,11-12,14-15,19-20H2,1-4H3. The third kappa shape index (κ3) is 3.83. The Kier molecular flexibility index (Phi) is 6.26. The van der Waals surface area contributed by atoms with Crippen LogP contribution in [0.1, 0.15) is 49.3 Å². The molecular weight excluding hydrogens is 476 g/mol. The molecule has 3 aliphatic heterocycles. The van der Waals surface area contributed by atoms with Gasteiger partial charge in [0, 0.05) is 61.0 Å². The first kappa shape index (κ1) is 24.7. The molecule has 0 bridgehead atoms. The van der Waals surface area contributed by atoms with Crippen molar-refractivity contribution in [3.8, 4) is 11.5 Å². The summed E-state index contributed by atoms with van der Waals surface area (Å²) in [7, 11) is 3.37. The Morgan fingerprint density at radius 1 is 1.08 bits per heavy atom. The molecule has 3 aliphatic rings. The Hall–Kier alpha value is -3.58. The number of piperidine rings is 1. The summed E-state index contributed by atoms with van der Waals surface area (Å²) in [4.78, 5) is 25.1. The number of allylic oxidation sites excluding steroid dienone is 1. The van der Waals surface area contributed by atoms with Crippen LogP contribution in [0.15, 0.2) is 60.4 Å². The minimum Gasteiger partial charge on any atom is -0.497 e. The number of urea groups is 1. The summed E-state index contributed by atoms with van der Waals surface area (Å²) >= 11 is 0. The highest BCUT2D eigenvalue weighted by atomic mass is 16.5. The van der Waals surface area contributed by atoms with Gasteiger partial charge in [0.15, 0.2) is 0 Å². The first-order chi connectivity index (χ1) is 18.5. The van der Waals surface area contributed by atoms with Crippen LogP contribution in [-0.2, 0) is 13.1 Å². The number of benzene rings is 2.